The standard InChI is InChI=1S/C30H30AsClN6OS2/c1-2-13-38(23-11-9-21(10-12-23)31-40-15-16-41-31)28(39)20-37-14-5-6-22(19-37)35-30-34-18-26(32)29(36-30)25-17-33-27-8-4-3-7-24(25)27/h1,3-4,7-12,17-18,22,33H,5-6,13-16,19-20H2,(H,34,35,36). The van der Waals surface area contributed by atoms with E-state index in [0.29, 0.717) is 29.8 Å². The molecule has 2 N–H and O–H groups in total. The van der Waals surface area contributed by atoms with Gasteiger partial charge in [-0.1, -0.05) is 29.8 Å². The molecule has 41 heavy (non-hydrogen) atoms. The molecular weight excluding hydrogens is 635 g/mol. The Morgan fingerprint density at radius 2 is 2.02 bits per heavy atom. The Hall–Kier alpha value is -2.60. The summed E-state index contributed by atoms with van der Waals surface area (Å²) in [6, 6.07) is 16.7. The topological polar surface area (TPSA) is 77.2 Å². The number of nitrogens with one attached hydrogen (secondary N) is 2. The van der Waals surface area contributed by atoms with Crippen molar-refractivity contribution >= 4 is 76.8 Å². The van der Waals surface area contributed by atoms with Gasteiger partial charge in [0.1, 0.15) is 0 Å². The molecule has 1 amide bonds. The van der Waals surface area contributed by atoms with Gasteiger partial charge >= 0.3 is 167 Å². The number of terminal acetylenes is 1. The van der Waals surface area contributed by atoms with E-state index in [1.54, 1.807) is 11.1 Å². The number of para-hydroxylation sites is 1. The molecule has 1 atom stereocenters. The van der Waals surface area contributed by atoms with E-state index in [2.05, 4.69) is 76.5 Å². The number of hydrogen-bond acceptors (Lipinski definition) is 7. The normalized spacial score (nSPS) is 17.9. The van der Waals surface area contributed by atoms with Gasteiger partial charge in [0.2, 0.25) is 0 Å². The fraction of sp³-hybridized carbons (Fsp3) is 0.300. The minimum absolute atomic E-state index is 0.0168. The van der Waals surface area contributed by atoms with Crippen LogP contribution in [0.3, 0.4) is 0 Å². The first kappa shape index (κ1) is 28.5. The minimum atomic E-state index is -1.05. The summed E-state index contributed by atoms with van der Waals surface area (Å²) >= 11 is 5.48. The van der Waals surface area contributed by atoms with Crippen LogP contribution in [0.25, 0.3) is 22.2 Å². The van der Waals surface area contributed by atoms with Crippen LogP contribution in [0.4, 0.5) is 11.6 Å². The van der Waals surface area contributed by atoms with Crippen LogP contribution in [-0.4, -0.2) is 81.8 Å². The summed E-state index contributed by atoms with van der Waals surface area (Å²) in [4.78, 5) is 29.9. The molecule has 2 aromatic carbocycles. The van der Waals surface area contributed by atoms with Crippen LogP contribution in [0.1, 0.15) is 12.8 Å². The summed E-state index contributed by atoms with van der Waals surface area (Å²) in [6.07, 6.45) is 11.2. The number of carbonyl (C=O) groups is 1. The number of rotatable bonds is 8. The molecule has 2 aliphatic rings. The van der Waals surface area contributed by atoms with Crippen LogP contribution in [0, 0.1) is 12.3 Å². The van der Waals surface area contributed by atoms with Gasteiger partial charge in [-0.25, -0.2) is 9.97 Å². The van der Waals surface area contributed by atoms with Crippen LogP contribution < -0.4 is 14.6 Å². The molecule has 4 heterocycles. The number of aromatic nitrogens is 3. The first-order chi connectivity index (χ1) is 20.1. The van der Waals surface area contributed by atoms with Gasteiger partial charge in [-0.2, -0.15) is 0 Å². The van der Waals surface area contributed by atoms with Crippen molar-refractivity contribution in [1.29, 1.82) is 0 Å². The number of anilines is 2. The zero-order valence-corrected chi connectivity index (χ0v) is 26.7. The summed E-state index contributed by atoms with van der Waals surface area (Å²) in [6.45, 7) is 2.14. The first-order valence-corrected chi connectivity index (χ1v) is 21.4. The Bertz CT molecular complexity index is 1570. The van der Waals surface area contributed by atoms with E-state index < -0.39 is 12.3 Å². The van der Waals surface area contributed by atoms with Gasteiger partial charge in [-0.15, -0.1) is 0 Å². The van der Waals surface area contributed by atoms with Crippen molar-refractivity contribution in [3.63, 3.8) is 0 Å². The predicted octanol–water partition coefficient (Wildman–Crippen LogP) is 5.00. The molecule has 1 unspecified atom stereocenters. The van der Waals surface area contributed by atoms with E-state index >= 15 is 0 Å². The van der Waals surface area contributed by atoms with Gasteiger partial charge in [-0.05, 0) is 6.07 Å². The van der Waals surface area contributed by atoms with E-state index in [1.165, 1.54) is 15.9 Å². The average Bonchev–Trinajstić information content (AvgIpc) is 3.68. The quantitative estimate of drug-likeness (QED) is 0.203. The molecule has 0 saturated carbocycles. The summed E-state index contributed by atoms with van der Waals surface area (Å²) in [5, 5.41) is 5.05. The third-order valence-electron chi connectivity index (χ3n) is 7.21. The zero-order valence-electron chi connectivity index (χ0n) is 22.4. The fourth-order valence-electron chi connectivity index (χ4n) is 5.26. The molecule has 210 valence electrons. The number of amides is 1. The molecule has 4 aromatic rings. The molecule has 0 spiro atoms. The van der Waals surface area contributed by atoms with Gasteiger partial charge in [0.05, 0.1) is 16.9 Å². The van der Waals surface area contributed by atoms with E-state index in [4.69, 9.17) is 23.0 Å². The molecule has 2 fully saturated rings. The van der Waals surface area contributed by atoms with Gasteiger partial charge in [-0.3, -0.25) is 0 Å². The number of halogens is 1. The summed E-state index contributed by atoms with van der Waals surface area (Å²) in [7, 11) is 4.24. The van der Waals surface area contributed by atoms with Crippen molar-refractivity contribution in [3.05, 3.63) is 65.9 Å². The third-order valence-corrected chi connectivity index (χ3v) is 21.2. The molecule has 0 radical (unpaired) electrons. The van der Waals surface area contributed by atoms with Crippen LogP contribution in [-0.2, 0) is 4.79 Å². The second-order valence-electron chi connectivity index (χ2n) is 9.98. The fourth-order valence-corrected chi connectivity index (χ4v) is 19.6. The van der Waals surface area contributed by atoms with Crippen LogP contribution in [0.15, 0.2) is 60.9 Å². The Balaban J connectivity index is 1.11. The summed E-state index contributed by atoms with van der Waals surface area (Å²) in [5.41, 5.74) is 3.53. The number of hydrogen-bond donors (Lipinski definition) is 2. The number of aromatic amines is 1. The summed E-state index contributed by atoms with van der Waals surface area (Å²) < 4.78 is 1.43. The Morgan fingerprint density at radius 1 is 1.22 bits per heavy atom. The second kappa shape index (κ2) is 13.1. The number of benzene rings is 2. The van der Waals surface area contributed by atoms with Gasteiger partial charge in [0, 0.05) is 22.7 Å². The monoisotopic (exact) mass is 664 g/mol. The van der Waals surface area contributed by atoms with Crippen molar-refractivity contribution in [2.45, 2.75) is 18.9 Å². The first-order valence-electron chi connectivity index (χ1n) is 13.6. The van der Waals surface area contributed by atoms with Crippen molar-refractivity contribution in [2.75, 3.05) is 47.9 Å². The van der Waals surface area contributed by atoms with E-state index in [0.717, 1.165) is 41.5 Å². The van der Waals surface area contributed by atoms with Crippen molar-refractivity contribution in [1.82, 2.24) is 19.9 Å². The SMILES string of the molecule is C#CCN(C(=O)CN1CCCC(Nc2ncc(Cl)c(-c3c[nH]c4ccccc34)n2)C1)c1ccc([As]2SCCS2)cc1. The Morgan fingerprint density at radius 3 is 2.83 bits per heavy atom. The third kappa shape index (κ3) is 6.58. The van der Waals surface area contributed by atoms with Crippen molar-refractivity contribution in [2.24, 2.45) is 0 Å². The predicted molar refractivity (Wildman–Crippen MR) is 175 cm³/mol. The Kier molecular flexibility index (Phi) is 9.14. The average molecular weight is 665 g/mol. The molecule has 0 bridgehead atoms. The molecule has 2 saturated heterocycles. The Labute approximate surface area is 256 Å². The van der Waals surface area contributed by atoms with Crippen LogP contribution in [0.5, 0.6) is 0 Å². The van der Waals surface area contributed by atoms with E-state index in [1.807, 2.05) is 24.4 Å². The number of fused-ring (bicyclic) bond motifs is 1. The summed E-state index contributed by atoms with van der Waals surface area (Å²) in [5.74, 6) is 5.71. The molecule has 0 aliphatic carbocycles. The van der Waals surface area contributed by atoms with Gasteiger partial charge in [0.15, 0.2) is 0 Å². The molecule has 2 aliphatic heterocycles. The van der Waals surface area contributed by atoms with E-state index in [-0.39, 0.29) is 18.5 Å². The molecular formula is C30H30AsClN6OS2. The van der Waals surface area contributed by atoms with Crippen LogP contribution >= 0.6 is 31.6 Å². The number of H-pyrrole nitrogens is 1. The maximum absolute atomic E-state index is 13.5. The number of piperidine rings is 1. The van der Waals surface area contributed by atoms with E-state index in [9.17, 15) is 4.79 Å². The number of carbonyl (C=O) groups excluding carboxylic acids is 1. The number of nitrogens with zero attached hydrogens (tertiary/aromatic N) is 4. The zero-order chi connectivity index (χ0) is 28.2. The number of likely N-dealkylation sites (tertiary alicyclic amines) is 1. The van der Waals surface area contributed by atoms with Crippen molar-refractivity contribution < 1.29 is 4.79 Å². The molecule has 7 nitrogen and oxygen atoms in total. The molecule has 6 rings (SSSR count). The van der Waals surface area contributed by atoms with Gasteiger partial charge in [0.25, 0.3) is 0 Å². The van der Waals surface area contributed by atoms with Crippen LogP contribution in [0.2, 0.25) is 5.02 Å². The molecule has 2 aromatic heterocycles. The van der Waals surface area contributed by atoms with Crippen molar-refractivity contribution in [3.8, 4) is 23.6 Å². The second-order valence-corrected chi connectivity index (χ2v) is 22.1. The maximum atomic E-state index is 13.5. The van der Waals surface area contributed by atoms with Gasteiger partial charge < -0.3 is 4.98 Å². The molecule has 11 heteroatoms.